The molecule has 29 heavy (non-hydrogen) atoms. The molecule has 0 aliphatic carbocycles. The second kappa shape index (κ2) is 8.90. The first-order valence-corrected chi connectivity index (χ1v) is 9.77. The number of anilines is 2. The van der Waals surface area contributed by atoms with Crippen molar-refractivity contribution < 1.29 is 9.47 Å². The summed E-state index contributed by atoms with van der Waals surface area (Å²) in [5, 5.41) is 11.4. The molecule has 0 spiro atoms. The maximum absolute atomic E-state index is 5.52. The number of hydrogen-bond acceptors (Lipinski definition) is 7. The van der Waals surface area contributed by atoms with E-state index in [1.807, 2.05) is 24.4 Å². The number of nitrogens with zero attached hydrogens (tertiary/aromatic N) is 5. The van der Waals surface area contributed by atoms with Crippen LogP contribution in [0.5, 0.6) is 0 Å². The molecule has 8 heteroatoms. The molecule has 0 radical (unpaired) electrons. The standard InChI is InChI=1S/C21H23N5O2.ClH/c1-2-4-16(5-3-1)19-14-17-18(15-22-19)21(26-8-12-28-13-9-26)24-23-20(17)25-6-10-27-11-7-25;/h1-5,14-15H,6-13H2;1H. The Labute approximate surface area is 176 Å². The molecular weight excluding hydrogens is 390 g/mol. The fourth-order valence-corrected chi connectivity index (χ4v) is 3.81. The quantitative estimate of drug-likeness (QED) is 0.654. The van der Waals surface area contributed by atoms with Crippen LogP contribution in [0.15, 0.2) is 42.6 Å². The van der Waals surface area contributed by atoms with Crippen LogP contribution in [0.2, 0.25) is 0 Å². The summed E-state index contributed by atoms with van der Waals surface area (Å²) in [6, 6.07) is 12.4. The van der Waals surface area contributed by atoms with E-state index >= 15 is 0 Å². The molecule has 2 aliphatic rings. The lowest BCUT2D eigenvalue weighted by atomic mass is 10.1. The van der Waals surface area contributed by atoms with Crippen molar-refractivity contribution in [1.29, 1.82) is 0 Å². The maximum Gasteiger partial charge on any atom is 0.161 e. The van der Waals surface area contributed by atoms with Crippen LogP contribution in [-0.4, -0.2) is 67.8 Å². The van der Waals surface area contributed by atoms with Crippen LogP contribution >= 0.6 is 12.4 Å². The summed E-state index contributed by atoms with van der Waals surface area (Å²) in [4.78, 5) is 9.25. The first-order chi connectivity index (χ1) is 13.9. The van der Waals surface area contributed by atoms with Gasteiger partial charge >= 0.3 is 0 Å². The molecule has 3 aromatic rings. The zero-order chi connectivity index (χ0) is 18.8. The van der Waals surface area contributed by atoms with Gasteiger partial charge in [-0.15, -0.1) is 22.6 Å². The molecule has 0 amide bonds. The molecule has 1 aromatic carbocycles. The van der Waals surface area contributed by atoms with E-state index in [1.54, 1.807) is 0 Å². The maximum atomic E-state index is 5.52. The van der Waals surface area contributed by atoms with E-state index in [0.717, 1.165) is 59.8 Å². The molecule has 0 bridgehead atoms. The highest BCUT2D eigenvalue weighted by Gasteiger charge is 2.22. The third-order valence-electron chi connectivity index (χ3n) is 5.32. The zero-order valence-corrected chi connectivity index (χ0v) is 17.0. The van der Waals surface area contributed by atoms with Gasteiger partial charge in [-0.25, -0.2) is 0 Å². The summed E-state index contributed by atoms with van der Waals surface area (Å²) >= 11 is 0. The number of aromatic nitrogens is 3. The van der Waals surface area contributed by atoms with Crippen LogP contribution in [0, 0.1) is 0 Å². The molecule has 0 atom stereocenters. The second-order valence-electron chi connectivity index (χ2n) is 7.03. The van der Waals surface area contributed by atoms with Crippen LogP contribution in [-0.2, 0) is 9.47 Å². The summed E-state index contributed by atoms with van der Waals surface area (Å²) in [5.74, 6) is 1.80. The Morgan fingerprint density at radius 1 is 0.724 bits per heavy atom. The molecule has 2 aromatic heterocycles. The lowest BCUT2D eigenvalue weighted by molar-refractivity contribution is 0.122. The molecule has 4 heterocycles. The highest BCUT2D eigenvalue weighted by atomic mass is 35.5. The van der Waals surface area contributed by atoms with Crippen LogP contribution in [0.1, 0.15) is 0 Å². The second-order valence-corrected chi connectivity index (χ2v) is 7.03. The van der Waals surface area contributed by atoms with Crippen molar-refractivity contribution in [3.63, 3.8) is 0 Å². The highest BCUT2D eigenvalue weighted by molar-refractivity contribution is 6.00. The van der Waals surface area contributed by atoms with E-state index in [1.165, 1.54) is 0 Å². The minimum absolute atomic E-state index is 0. The van der Waals surface area contributed by atoms with E-state index in [2.05, 4.69) is 38.2 Å². The molecule has 5 rings (SSSR count). The Hall–Kier alpha value is -2.48. The highest BCUT2D eigenvalue weighted by Crippen LogP contribution is 2.33. The minimum Gasteiger partial charge on any atom is -0.378 e. The fraction of sp³-hybridized carbons (Fsp3) is 0.381. The van der Waals surface area contributed by atoms with Gasteiger partial charge in [-0.05, 0) is 6.07 Å². The molecule has 0 N–H and O–H groups in total. The number of hydrogen-bond donors (Lipinski definition) is 0. The predicted octanol–water partition coefficient (Wildman–Crippen LogP) is 2.79. The van der Waals surface area contributed by atoms with Crippen molar-refractivity contribution >= 4 is 34.8 Å². The Morgan fingerprint density at radius 2 is 1.28 bits per heavy atom. The smallest absolute Gasteiger partial charge is 0.161 e. The number of halogens is 1. The molecule has 7 nitrogen and oxygen atoms in total. The first-order valence-electron chi connectivity index (χ1n) is 9.77. The van der Waals surface area contributed by atoms with E-state index in [4.69, 9.17) is 14.5 Å². The molecule has 0 saturated carbocycles. The third-order valence-corrected chi connectivity index (χ3v) is 5.32. The normalized spacial score (nSPS) is 17.2. The Kier molecular flexibility index (Phi) is 6.08. The van der Waals surface area contributed by atoms with E-state index < -0.39 is 0 Å². The molecule has 2 aliphatic heterocycles. The van der Waals surface area contributed by atoms with Gasteiger partial charge in [0.2, 0.25) is 0 Å². The van der Waals surface area contributed by atoms with Crippen molar-refractivity contribution in [1.82, 2.24) is 15.2 Å². The van der Waals surface area contributed by atoms with Gasteiger partial charge in [-0.1, -0.05) is 30.3 Å². The number of morpholine rings is 2. The largest absolute Gasteiger partial charge is 0.378 e. The van der Waals surface area contributed by atoms with Gasteiger partial charge < -0.3 is 19.3 Å². The molecule has 2 saturated heterocycles. The minimum atomic E-state index is 0. The van der Waals surface area contributed by atoms with Crippen LogP contribution in [0.3, 0.4) is 0 Å². The zero-order valence-electron chi connectivity index (χ0n) is 16.2. The van der Waals surface area contributed by atoms with Crippen LogP contribution < -0.4 is 9.80 Å². The molecule has 0 unspecified atom stereocenters. The van der Waals surface area contributed by atoms with Crippen molar-refractivity contribution in [3.8, 4) is 11.3 Å². The summed E-state index contributed by atoms with van der Waals surface area (Å²) in [7, 11) is 0. The van der Waals surface area contributed by atoms with Gasteiger partial charge in [0.05, 0.1) is 32.1 Å². The van der Waals surface area contributed by atoms with Crippen molar-refractivity contribution in [2.75, 3.05) is 62.4 Å². The van der Waals surface area contributed by atoms with Crippen molar-refractivity contribution in [2.45, 2.75) is 0 Å². The summed E-state index contributed by atoms with van der Waals surface area (Å²) < 4.78 is 11.0. The van der Waals surface area contributed by atoms with Gasteiger partial charge in [0.1, 0.15) is 0 Å². The van der Waals surface area contributed by atoms with Gasteiger partial charge in [-0.2, -0.15) is 0 Å². The molecular formula is C21H24ClN5O2. The van der Waals surface area contributed by atoms with Gasteiger partial charge in [-0.3, -0.25) is 4.98 Å². The van der Waals surface area contributed by atoms with Gasteiger partial charge in [0, 0.05) is 48.7 Å². The molecule has 2 fully saturated rings. The van der Waals surface area contributed by atoms with Crippen molar-refractivity contribution in [2.24, 2.45) is 0 Å². The first kappa shape index (κ1) is 19.8. The van der Waals surface area contributed by atoms with Gasteiger partial charge in [0.25, 0.3) is 0 Å². The Bertz CT molecular complexity index is 960. The average Bonchev–Trinajstić information content (AvgIpc) is 2.80. The van der Waals surface area contributed by atoms with Crippen molar-refractivity contribution in [3.05, 3.63) is 42.6 Å². The number of ether oxygens (including phenoxy) is 2. The Balaban J connectivity index is 0.00000205. The van der Waals surface area contributed by atoms with Gasteiger partial charge in [0.15, 0.2) is 11.6 Å². The lowest BCUT2D eigenvalue weighted by Crippen LogP contribution is -2.38. The van der Waals surface area contributed by atoms with E-state index in [-0.39, 0.29) is 12.4 Å². The lowest BCUT2D eigenvalue weighted by Gasteiger charge is -2.31. The third kappa shape index (κ3) is 3.99. The van der Waals surface area contributed by atoms with Crippen LogP contribution in [0.25, 0.3) is 22.0 Å². The summed E-state index contributed by atoms with van der Waals surface area (Å²) in [6.07, 6.45) is 1.95. The number of benzene rings is 1. The van der Waals surface area contributed by atoms with E-state index in [0.29, 0.717) is 26.4 Å². The summed E-state index contributed by atoms with van der Waals surface area (Å²) in [5.41, 5.74) is 2.05. The number of pyridine rings is 1. The SMILES string of the molecule is Cl.c1ccc(-c2cc3c(N4CCOCC4)nnc(N4CCOCC4)c3cn2)cc1. The monoisotopic (exact) mass is 413 g/mol. The number of fused-ring (bicyclic) bond motifs is 1. The van der Waals surface area contributed by atoms with Crippen LogP contribution in [0.4, 0.5) is 11.6 Å². The topological polar surface area (TPSA) is 63.6 Å². The van der Waals surface area contributed by atoms with E-state index in [9.17, 15) is 0 Å². The average molecular weight is 414 g/mol. The number of rotatable bonds is 3. The summed E-state index contributed by atoms with van der Waals surface area (Å²) in [6.45, 7) is 6.14. The Morgan fingerprint density at radius 3 is 1.86 bits per heavy atom. The molecule has 152 valence electrons. The fourth-order valence-electron chi connectivity index (χ4n) is 3.81. The predicted molar refractivity (Wildman–Crippen MR) is 116 cm³/mol.